The molecule has 0 aliphatic rings. The molecule has 5 heteroatoms. The van der Waals surface area contributed by atoms with Crippen LogP contribution in [0, 0.1) is 10.5 Å². The van der Waals surface area contributed by atoms with Gasteiger partial charge in [-0.25, -0.2) is 0 Å². The van der Waals surface area contributed by atoms with Crippen LogP contribution in [0.3, 0.4) is 0 Å². The number of aryl methyl sites for hydroxylation is 2. The monoisotopic (exact) mass is 361 g/mol. The molecule has 2 aromatic rings. The maximum atomic E-state index is 6.19. The molecule has 0 saturated heterocycles. The Labute approximate surface area is 119 Å². The fraction of sp³-hybridized carbons (Fsp3) is 0.250. The van der Waals surface area contributed by atoms with Crippen LogP contribution < -0.4 is 5.32 Å². The van der Waals surface area contributed by atoms with Crippen molar-refractivity contribution in [2.45, 2.75) is 13.5 Å². The minimum absolute atomic E-state index is 0.677. The topological polar surface area (TPSA) is 29.9 Å². The molecule has 2 rings (SSSR count). The Bertz CT molecular complexity index is 537. The van der Waals surface area contributed by atoms with Gasteiger partial charge in [0, 0.05) is 16.3 Å². The van der Waals surface area contributed by atoms with Crippen LogP contribution in [0.1, 0.15) is 11.4 Å². The Kier molecular flexibility index (Phi) is 3.93. The van der Waals surface area contributed by atoms with Crippen LogP contribution in [0.5, 0.6) is 0 Å². The second kappa shape index (κ2) is 5.27. The largest absolute Gasteiger partial charge is 0.379 e. The molecule has 0 amide bonds. The second-order valence-electron chi connectivity index (χ2n) is 3.83. The molecule has 0 bridgehead atoms. The first kappa shape index (κ1) is 12.7. The minimum Gasteiger partial charge on any atom is -0.379 e. The molecule has 17 heavy (non-hydrogen) atoms. The fourth-order valence-corrected chi connectivity index (χ4v) is 2.43. The van der Waals surface area contributed by atoms with Crippen molar-refractivity contribution in [3.63, 3.8) is 0 Å². The van der Waals surface area contributed by atoms with Gasteiger partial charge in [-0.15, -0.1) is 0 Å². The van der Waals surface area contributed by atoms with Gasteiger partial charge in [-0.1, -0.05) is 17.7 Å². The van der Waals surface area contributed by atoms with Crippen LogP contribution >= 0.6 is 34.2 Å². The molecule has 0 atom stereocenters. The molecule has 1 aromatic heterocycles. The van der Waals surface area contributed by atoms with Crippen LogP contribution in [0.15, 0.2) is 24.3 Å². The SMILES string of the molecule is Cc1nn(C)c(CNc2cccc(I)c2)c1Cl. The molecule has 90 valence electrons. The number of halogens is 2. The van der Waals surface area contributed by atoms with Crippen molar-refractivity contribution in [3.8, 4) is 0 Å². The van der Waals surface area contributed by atoms with Crippen molar-refractivity contribution in [1.29, 1.82) is 0 Å². The molecule has 0 unspecified atom stereocenters. The van der Waals surface area contributed by atoms with Crippen molar-refractivity contribution in [2.24, 2.45) is 7.05 Å². The summed E-state index contributed by atoms with van der Waals surface area (Å²) in [5.41, 5.74) is 2.96. The van der Waals surface area contributed by atoms with Crippen molar-refractivity contribution in [2.75, 3.05) is 5.32 Å². The number of rotatable bonds is 3. The van der Waals surface area contributed by atoms with Gasteiger partial charge >= 0.3 is 0 Å². The highest BCUT2D eigenvalue weighted by atomic mass is 127. The van der Waals surface area contributed by atoms with Crippen LogP contribution in [-0.2, 0) is 13.6 Å². The van der Waals surface area contributed by atoms with Crippen molar-refractivity contribution >= 4 is 39.9 Å². The van der Waals surface area contributed by atoms with Gasteiger partial charge in [0.1, 0.15) is 0 Å². The van der Waals surface area contributed by atoms with Gasteiger partial charge in [0.25, 0.3) is 0 Å². The Morgan fingerprint density at radius 3 is 2.82 bits per heavy atom. The summed E-state index contributed by atoms with van der Waals surface area (Å²) in [5, 5.41) is 8.37. The summed E-state index contributed by atoms with van der Waals surface area (Å²) in [7, 11) is 1.91. The molecule has 0 spiro atoms. The van der Waals surface area contributed by atoms with E-state index in [-0.39, 0.29) is 0 Å². The lowest BCUT2D eigenvalue weighted by atomic mass is 10.3. The Morgan fingerprint density at radius 2 is 2.24 bits per heavy atom. The van der Waals surface area contributed by atoms with E-state index < -0.39 is 0 Å². The Balaban J connectivity index is 2.12. The van der Waals surface area contributed by atoms with Crippen LogP contribution in [0.4, 0.5) is 5.69 Å². The number of hydrogen-bond acceptors (Lipinski definition) is 2. The maximum absolute atomic E-state index is 6.19. The highest BCUT2D eigenvalue weighted by Gasteiger charge is 2.10. The number of benzene rings is 1. The van der Waals surface area contributed by atoms with E-state index in [1.165, 1.54) is 3.57 Å². The summed E-state index contributed by atoms with van der Waals surface area (Å²) in [6.07, 6.45) is 0. The Hall–Kier alpha value is -0.750. The maximum Gasteiger partial charge on any atom is 0.0865 e. The summed E-state index contributed by atoms with van der Waals surface area (Å²) in [6.45, 7) is 2.59. The van der Waals surface area contributed by atoms with Gasteiger partial charge in [-0.05, 0) is 47.7 Å². The standard InChI is InChI=1S/C12H13ClIN3/c1-8-12(13)11(17(2)16-8)7-15-10-5-3-4-9(14)6-10/h3-6,15H,7H2,1-2H3. The highest BCUT2D eigenvalue weighted by Crippen LogP contribution is 2.21. The van der Waals surface area contributed by atoms with Crippen molar-refractivity contribution in [3.05, 3.63) is 44.2 Å². The molecular weight excluding hydrogens is 349 g/mol. The molecule has 0 aliphatic carbocycles. The molecular formula is C12H13ClIN3. The molecule has 1 N–H and O–H groups in total. The predicted octanol–water partition coefficient (Wildman–Crippen LogP) is 3.60. The molecule has 0 fully saturated rings. The van der Waals surface area contributed by atoms with Gasteiger partial charge in [0.05, 0.1) is 23.0 Å². The lowest BCUT2D eigenvalue weighted by Crippen LogP contribution is -2.05. The van der Waals surface area contributed by atoms with E-state index in [1.807, 2.05) is 30.8 Å². The molecule has 0 aliphatic heterocycles. The van der Waals surface area contributed by atoms with Gasteiger partial charge < -0.3 is 5.32 Å². The van der Waals surface area contributed by atoms with E-state index >= 15 is 0 Å². The summed E-state index contributed by atoms with van der Waals surface area (Å²) >= 11 is 8.48. The third kappa shape index (κ3) is 2.93. The van der Waals surface area contributed by atoms with Gasteiger partial charge in [-0.3, -0.25) is 4.68 Å². The number of nitrogens with zero attached hydrogens (tertiary/aromatic N) is 2. The van der Waals surface area contributed by atoms with Crippen LogP contribution in [0.2, 0.25) is 5.02 Å². The highest BCUT2D eigenvalue weighted by molar-refractivity contribution is 14.1. The zero-order chi connectivity index (χ0) is 12.4. The van der Waals surface area contributed by atoms with Crippen LogP contribution in [-0.4, -0.2) is 9.78 Å². The quantitative estimate of drug-likeness (QED) is 0.847. The molecule has 0 saturated carbocycles. The van der Waals surface area contributed by atoms with Crippen molar-refractivity contribution < 1.29 is 0 Å². The van der Waals surface area contributed by atoms with E-state index in [0.29, 0.717) is 6.54 Å². The van der Waals surface area contributed by atoms with Gasteiger partial charge in [-0.2, -0.15) is 5.10 Å². The molecule has 1 heterocycles. The third-order valence-electron chi connectivity index (χ3n) is 2.55. The van der Waals surface area contributed by atoms with Crippen molar-refractivity contribution in [1.82, 2.24) is 9.78 Å². The third-order valence-corrected chi connectivity index (χ3v) is 3.71. The van der Waals surface area contributed by atoms with Gasteiger partial charge in [0.15, 0.2) is 0 Å². The minimum atomic E-state index is 0.677. The number of hydrogen-bond donors (Lipinski definition) is 1. The Morgan fingerprint density at radius 1 is 1.47 bits per heavy atom. The first-order chi connectivity index (χ1) is 8.08. The first-order valence-corrected chi connectivity index (χ1v) is 6.71. The van der Waals surface area contributed by atoms with Gasteiger partial charge in [0.2, 0.25) is 0 Å². The summed E-state index contributed by atoms with van der Waals surface area (Å²) in [5.74, 6) is 0. The zero-order valence-corrected chi connectivity index (χ0v) is 12.6. The zero-order valence-electron chi connectivity index (χ0n) is 9.67. The van der Waals surface area contributed by atoms with E-state index in [4.69, 9.17) is 11.6 Å². The van der Waals surface area contributed by atoms with Crippen LogP contribution in [0.25, 0.3) is 0 Å². The lowest BCUT2D eigenvalue weighted by molar-refractivity contribution is 0.713. The number of anilines is 1. The second-order valence-corrected chi connectivity index (χ2v) is 5.46. The molecule has 0 radical (unpaired) electrons. The van der Waals surface area contributed by atoms with E-state index in [0.717, 1.165) is 22.1 Å². The summed E-state index contributed by atoms with van der Waals surface area (Å²) in [4.78, 5) is 0. The van der Waals surface area contributed by atoms with E-state index in [2.05, 4.69) is 45.1 Å². The van der Waals surface area contributed by atoms with E-state index in [1.54, 1.807) is 0 Å². The first-order valence-electron chi connectivity index (χ1n) is 5.25. The number of nitrogens with one attached hydrogen (secondary N) is 1. The molecule has 3 nitrogen and oxygen atoms in total. The average Bonchev–Trinajstić information content (AvgIpc) is 2.51. The summed E-state index contributed by atoms with van der Waals surface area (Å²) in [6, 6.07) is 8.23. The van der Waals surface area contributed by atoms with E-state index in [9.17, 15) is 0 Å². The lowest BCUT2D eigenvalue weighted by Gasteiger charge is -2.07. The summed E-state index contributed by atoms with van der Waals surface area (Å²) < 4.78 is 3.03. The average molecular weight is 362 g/mol. The molecule has 1 aromatic carbocycles. The normalized spacial score (nSPS) is 10.6. The fourth-order valence-electron chi connectivity index (χ4n) is 1.66. The smallest absolute Gasteiger partial charge is 0.0865 e. The predicted molar refractivity (Wildman–Crippen MR) is 79.4 cm³/mol. The number of aromatic nitrogens is 2.